The monoisotopic (exact) mass is 391 g/mol. The molecular formula is C19H16F3N3O3. The predicted molar refractivity (Wildman–Crippen MR) is 94.8 cm³/mol. The molecule has 0 spiro atoms. The molecule has 6 nitrogen and oxygen atoms in total. The summed E-state index contributed by atoms with van der Waals surface area (Å²) in [5.41, 5.74) is 1.59. The van der Waals surface area contributed by atoms with Crippen LogP contribution in [-0.2, 0) is 4.84 Å². The number of ether oxygens (including phenoxy) is 1. The number of hydrogen-bond donors (Lipinski definition) is 0. The van der Waals surface area contributed by atoms with Crippen molar-refractivity contribution in [3.05, 3.63) is 66.7 Å². The molecule has 0 unspecified atom stereocenters. The summed E-state index contributed by atoms with van der Waals surface area (Å²) in [4.78, 5) is 21.0. The number of carbonyl (C=O) groups is 1. The molecule has 3 aromatic rings. The fraction of sp³-hybridized carbons (Fsp3) is 0.158. The van der Waals surface area contributed by atoms with E-state index < -0.39 is 12.3 Å². The topological polar surface area (TPSA) is 56.6 Å². The van der Waals surface area contributed by atoms with E-state index in [1.165, 1.54) is 44.9 Å². The van der Waals surface area contributed by atoms with E-state index in [0.717, 1.165) is 5.06 Å². The Labute approximate surface area is 158 Å². The second kappa shape index (κ2) is 7.73. The molecule has 0 fully saturated rings. The minimum absolute atomic E-state index is 0.163. The van der Waals surface area contributed by atoms with Gasteiger partial charge in [0.15, 0.2) is 0 Å². The Balaban J connectivity index is 1.95. The van der Waals surface area contributed by atoms with Crippen molar-refractivity contribution < 1.29 is 27.5 Å². The first-order valence-corrected chi connectivity index (χ1v) is 8.10. The van der Waals surface area contributed by atoms with E-state index in [2.05, 4.69) is 9.72 Å². The molecule has 0 N–H and O–H groups in total. The highest BCUT2D eigenvalue weighted by atomic mass is 19.4. The zero-order valence-electron chi connectivity index (χ0n) is 15.0. The van der Waals surface area contributed by atoms with Crippen LogP contribution in [0.3, 0.4) is 0 Å². The zero-order chi connectivity index (χ0) is 20.3. The van der Waals surface area contributed by atoms with Crippen molar-refractivity contribution in [2.45, 2.75) is 6.36 Å². The molecule has 0 aliphatic rings. The van der Waals surface area contributed by atoms with Crippen molar-refractivity contribution >= 4 is 5.91 Å². The summed E-state index contributed by atoms with van der Waals surface area (Å²) >= 11 is 0. The molecule has 9 heteroatoms. The van der Waals surface area contributed by atoms with E-state index in [1.807, 2.05) is 0 Å². The number of imidazole rings is 1. The van der Waals surface area contributed by atoms with E-state index in [-0.39, 0.29) is 17.0 Å². The maximum absolute atomic E-state index is 12.7. The summed E-state index contributed by atoms with van der Waals surface area (Å²) < 4.78 is 43.7. The number of para-hydroxylation sites is 1. The maximum Gasteiger partial charge on any atom is 0.573 e. The molecule has 0 aliphatic carbocycles. The fourth-order valence-electron chi connectivity index (χ4n) is 2.57. The van der Waals surface area contributed by atoms with E-state index >= 15 is 0 Å². The first-order chi connectivity index (χ1) is 13.3. The van der Waals surface area contributed by atoms with Gasteiger partial charge >= 0.3 is 6.36 Å². The second-order valence-electron chi connectivity index (χ2n) is 5.75. The van der Waals surface area contributed by atoms with Crippen LogP contribution in [0.25, 0.3) is 16.8 Å². The summed E-state index contributed by atoms with van der Waals surface area (Å²) in [5, 5.41) is 1.04. The number of hydroxylamine groups is 2. The molecule has 146 valence electrons. The first-order valence-electron chi connectivity index (χ1n) is 8.10. The largest absolute Gasteiger partial charge is 0.573 e. The van der Waals surface area contributed by atoms with Crippen LogP contribution in [0.5, 0.6) is 5.75 Å². The number of hydrogen-bond acceptors (Lipinski definition) is 4. The highest BCUT2D eigenvalue weighted by molar-refractivity contribution is 5.91. The van der Waals surface area contributed by atoms with Crippen molar-refractivity contribution in [2.75, 3.05) is 14.2 Å². The molecule has 1 aromatic heterocycles. The Morgan fingerprint density at radius 1 is 1.14 bits per heavy atom. The highest BCUT2D eigenvalue weighted by Gasteiger charge is 2.32. The molecule has 0 saturated heterocycles. The lowest BCUT2D eigenvalue weighted by molar-refractivity contribution is -0.274. The average molecular weight is 391 g/mol. The van der Waals surface area contributed by atoms with Crippen molar-refractivity contribution in [3.8, 4) is 22.6 Å². The maximum atomic E-state index is 12.7. The summed E-state index contributed by atoms with van der Waals surface area (Å²) in [7, 11) is 2.82. The number of rotatable bonds is 5. The lowest BCUT2D eigenvalue weighted by Gasteiger charge is -2.14. The molecule has 1 heterocycles. The summed E-state index contributed by atoms with van der Waals surface area (Å²) in [6.45, 7) is 0. The molecule has 0 aliphatic heterocycles. The van der Waals surface area contributed by atoms with Gasteiger partial charge in [-0.2, -0.15) is 0 Å². The minimum atomic E-state index is -4.79. The molecular weight excluding hydrogens is 375 g/mol. The molecule has 1 amide bonds. The Hall–Kier alpha value is -3.33. The molecule has 3 rings (SSSR count). The van der Waals surface area contributed by atoms with Gasteiger partial charge in [-0.15, -0.1) is 13.2 Å². The van der Waals surface area contributed by atoms with Crippen molar-refractivity contribution in [3.63, 3.8) is 0 Å². The molecule has 0 bridgehead atoms. The SMILES string of the molecule is CON(C)C(=O)c1cn(-c2cccc(-c3ccccc3OC(F)(F)F)c2)cn1. The Morgan fingerprint density at radius 2 is 1.89 bits per heavy atom. The van der Waals surface area contributed by atoms with Crippen LogP contribution in [0.4, 0.5) is 13.2 Å². The lowest BCUT2D eigenvalue weighted by atomic mass is 10.0. The van der Waals surface area contributed by atoms with E-state index in [9.17, 15) is 18.0 Å². The van der Waals surface area contributed by atoms with Crippen LogP contribution < -0.4 is 4.74 Å². The van der Waals surface area contributed by atoms with E-state index in [4.69, 9.17) is 4.84 Å². The Bertz CT molecular complexity index is 986. The van der Waals surface area contributed by atoms with Gasteiger partial charge in [-0.25, -0.2) is 10.0 Å². The number of alkyl halides is 3. The van der Waals surface area contributed by atoms with Crippen molar-refractivity contribution in [1.29, 1.82) is 0 Å². The van der Waals surface area contributed by atoms with Gasteiger partial charge in [-0.05, 0) is 23.8 Å². The summed E-state index contributed by atoms with van der Waals surface area (Å²) in [5.74, 6) is -0.725. The number of carbonyl (C=O) groups excluding carboxylic acids is 1. The molecule has 2 aromatic carbocycles. The number of halogens is 3. The van der Waals surface area contributed by atoms with Gasteiger partial charge < -0.3 is 9.30 Å². The molecule has 0 radical (unpaired) electrons. The van der Waals surface area contributed by atoms with Crippen LogP contribution in [0, 0.1) is 0 Å². The predicted octanol–water partition coefficient (Wildman–Crippen LogP) is 4.07. The normalized spacial score (nSPS) is 11.3. The second-order valence-corrected chi connectivity index (χ2v) is 5.75. The quantitative estimate of drug-likeness (QED) is 0.616. The fourth-order valence-corrected chi connectivity index (χ4v) is 2.57. The van der Waals surface area contributed by atoms with Crippen LogP contribution in [0.2, 0.25) is 0 Å². The zero-order valence-corrected chi connectivity index (χ0v) is 15.0. The number of nitrogens with zero attached hydrogens (tertiary/aromatic N) is 3. The van der Waals surface area contributed by atoms with Crippen LogP contribution >= 0.6 is 0 Å². The van der Waals surface area contributed by atoms with Crippen LogP contribution in [-0.4, -0.2) is 41.0 Å². The van der Waals surface area contributed by atoms with Gasteiger partial charge in [-0.1, -0.05) is 30.3 Å². The Kier molecular flexibility index (Phi) is 5.36. The van der Waals surface area contributed by atoms with Gasteiger partial charge in [0.25, 0.3) is 5.91 Å². The van der Waals surface area contributed by atoms with Crippen LogP contribution in [0.1, 0.15) is 10.5 Å². The Morgan fingerprint density at radius 3 is 2.61 bits per heavy atom. The lowest BCUT2D eigenvalue weighted by Crippen LogP contribution is -2.25. The highest BCUT2D eigenvalue weighted by Crippen LogP contribution is 2.34. The third-order valence-electron chi connectivity index (χ3n) is 3.93. The van der Waals surface area contributed by atoms with Gasteiger partial charge in [0.2, 0.25) is 0 Å². The third kappa shape index (κ3) is 4.32. The molecule has 0 atom stereocenters. The standard InChI is InChI=1S/C19H16F3N3O3/c1-24(27-2)18(26)16-11-25(12-23-16)14-7-5-6-13(10-14)15-8-3-4-9-17(15)28-19(20,21)22/h3-12H,1-2H3. The average Bonchev–Trinajstić information content (AvgIpc) is 3.16. The van der Waals surface area contributed by atoms with Gasteiger partial charge in [-0.3, -0.25) is 9.63 Å². The number of amides is 1. The minimum Gasteiger partial charge on any atom is -0.405 e. The smallest absolute Gasteiger partial charge is 0.405 e. The van der Waals surface area contributed by atoms with Crippen molar-refractivity contribution in [2.24, 2.45) is 0 Å². The number of aromatic nitrogens is 2. The van der Waals surface area contributed by atoms with Crippen LogP contribution in [0.15, 0.2) is 61.1 Å². The summed E-state index contributed by atoms with van der Waals surface area (Å²) in [6.07, 6.45) is -1.84. The van der Waals surface area contributed by atoms with E-state index in [1.54, 1.807) is 34.9 Å². The molecule has 0 saturated carbocycles. The first kappa shape index (κ1) is 19.4. The number of benzene rings is 2. The van der Waals surface area contributed by atoms with Gasteiger partial charge in [0, 0.05) is 24.5 Å². The van der Waals surface area contributed by atoms with Crippen molar-refractivity contribution in [1.82, 2.24) is 14.6 Å². The third-order valence-corrected chi connectivity index (χ3v) is 3.93. The van der Waals surface area contributed by atoms with E-state index in [0.29, 0.717) is 11.3 Å². The van der Waals surface area contributed by atoms with Gasteiger partial charge in [0.1, 0.15) is 17.8 Å². The molecule has 28 heavy (non-hydrogen) atoms. The summed E-state index contributed by atoms with van der Waals surface area (Å²) in [6, 6.07) is 12.7. The van der Waals surface area contributed by atoms with Gasteiger partial charge in [0.05, 0.1) is 7.11 Å².